The van der Waals surface area contributed by atoms with Gasteiger partial charge in [-0.2, -0.15) is 0 Å². The van der Waals surface area contributed by atoms with Gasteiger partial charge in [0.05, 0.1) is 29.5 Å². The predicted molar refractivity (Wildman–Crippen MR) is 102 cm³/mol. The number of piperazine rings is 1. The minimum atomic E-state index is 0.684. The van der Waals surface area contributed by atoms with E-state index < -0.39 is 0 Å². The Morgan fingerprint density at radius 3 is 2.36 bits per heavy atom. The van der Waals surface area contributed by atoms with Gasteiger partial charge in [-0.05, 0) is 31.2 Å². The fourth-order valence-electron chi connectivity index (χ4n) is 3.27. The summed E-state index contributed by atoms with van der Waals surface area (Å²) < 4.78 is 5.77. The van der Waals surface area contributed by atoms with E-state index in [9.17, 15) is 0 Å². The average Bonchev–Trinajstić information content (AvgIpc) is 2.68. The zero-order valence-electron chi connectivity index (χ0n) is 14.4. The summed E-state index contributed by atoms with van der Waals surface area (Å²) in [4.78, 5) is 14.0. The minimum Gasteiger partial charge on any atom is -0.492 e. The first kappa shape index (κ1) is 15.7. The molecule has 1 aliphatic rings. The summed E-state index contributed by atoms with van der Waals surface area (Å²) in [6.45, 7) is 6.44. The van der Waals surface area contributed by atoms with Gasteiger partial charge in [-0.25, -0.2) is 4.98 Å². The van der Waals surface area contributed by atoms with Gasteiger partial charge in [-0.3, -0.25) is 4.98 Å². The third-order valence-electron chi connectivity index (χ3n) is 4.55. The molecule has 0 N–H and O–H groups in total. The maximum atomic E-state index is 5.77. The van der Waals surface area contributed by atoms with Crippen LogP contribution in [0.2, 0.25) is 0 Å². The molecular weight excluding hydrogens is 312 g/mol. The van der Waals surface area contributed by atoms with E-state index in [2.05, 4.69) is 26.9 Å². The summed E-state index contributed by atoms with van der Waals surface area (Å²) in [5, 5.41) is 0. The number of aromatic nitrogens is 2. The van der Waals surface area contributed by atoms with Crippen LogP contribution in [-0.4, -0.2) is 42.8 Å². The first-order chi connectivity index (χ1) is 12.3. The summed E-state index contributed by atoms with van der Waals surface area (Å²) in [6, 6.07) is 16.3. The number of para-hydroxylation sites is 4. The second kappa shape index (κ2) is 6.97. The molecular formula is C20H22N4O. The smallest absolute Gasteiger partial charge is 0.147 e. The van der Waals surface area contributed by atoms with Crippen LogP contribution in [0.1, 0.15) is 6.92 Å². The van der Waals surface area contributed by atoms with Crippen molar-refractivity contribution in [1.82, 2.24) is 9.97 Å². The van der Waals surface area contributed by atoms with Crippen molar-refractivity contribution in [2.24, 2.45) is 0 Å². The minimum absolute atomic E-state index is 0.684. The molecule has 128 valence electrons. The van der Waals surface area contributed by atoms with E-state index in [0.717, 1.165) is 48.8 Å². The molecule has 1 aliphatic heterocycles. The zero-order valence-corrected chi connectivity index (χ0v) is 14.4. The number of hydrogen-bond acceptors (Lipinski definition) is 5. The molecule has 1 saturated heterocycles. The highest BCUT2D eigenvalue weighted by Crippen LogP contribution is 2.29. The third kappa shape index (κ3) is 3.22. The van der Waals surface area contributed by atoms with Gasteiger partial charge in [0.15, 0.2) is 0 Å². The van der Waals surface area contributed by atoms with Crippen molar-refractivity contribution in [3.05, 3.63) is 54.7 Å². The van der Waals surface area contributed by atoms with Crippen LogP contribution in [-0.2, 0) is 0 Å². The van der Waals surface area contributed by atoms with Crippen molar-refractivity contribution >= 4 is 22.5 Å². The molecule has 0 spiro atoms. The molecule has 1 aromatic heterocycles. The fraction of sp³-hybridized carbons (Fsp3) is 0.300. The Kier molecular flexibility index (Phi) is 4.37. The number of anilines is 2. The van der Waals surface area contributed by atoms with Crippen LogP contribution in [0.25, 0.3) is 11.0 Å². The van der Waals surface area contributed by atoms with E-state index in [4.69, 9.17) is 9.72 Å². The largest absolute Gasteiger partial charge is 0.492 e. The number of benzene rings is 2. The van der Waals surface area contributed by atoms with Gasteiger partial charge in [0.2, 0.25) is 0 Å². The Morgan fingerprint density at radius 2 is 1.56 bits per heavy atom. The Hall–Kier alpha value is -2.82. The van der Waals surface area contributed by atoms with Gasteiger partial charge >= 0.3 is 0 Å². The summed E-state index contributed by atoms with van der Waals surface area (Å²) in [6.07, 6.45) is 1.88. The van der Waals surface area contributed by atoms with Gasteiger partial charge in [0.1, 0.15) is 11.6 Å². The fourth-order valence-corrected chi connectivity index (χ4v) is 3.27. The maximum Gasteiger partial charge on any atom is 0.147 e. The molecule has 5 nitrogen and oxygen atoms in total. The highest BCUT2D eigenvalue weighted by molar-refractivity contribution is 5.75. The standard InChI is InChI=1S/C20H22N4O/c1-2-25-19-10-6-5-9-18(19)23-11-13-24(14-12-23)20-15-21-16-7-3-4-8-17(16)22-20/h3-10,15H,2,11-14H2,1H3. The zero-order chi connectivity index (χ0) is 17.1. The molecule has 0 saturated carbocycles. The highest BCUT2D eigenvalue weighted by atomic mass is 16.5. The van der Waals surface area contributed by atoms with Gasteiger partial charge in [-0.15, -0.1) is 0 Å². The SMILES string of the molecule is CCOc1ccccc1N1CCN(c2cnc3ccccc3n2)CC1. The Bertz CT molecular complexity index is 859. The molecule has 4 rings (SSSR count). The Balaban J connectivity index is 1.49. The summed E-state index contributed by atoms with van der Waals surface area (Å²) in [5.41, 5.74) is 3.06. The molecule has 3 aromatic rings. The molecule has 2 aromatic carbocycles. The van der Waals surface area contributed by atoms with Crippen LogP contribution >= 0.6 is 0 Å². The number of hydrogen-bond donors (Lipinski definition) is 0. The summed E-state index contributed by atoms with van der Waals surface area (Å²) >= 11 is 0. The number of ether oxygens (including phenoxy) is 1. The van der Waals surface area contributed by atoms with Crippen molar-refractivity contribution in [3.63, 3.8) is 0 Å². The van der Waals surface area contributed by atoms with Crippen LogP contribution in [0.15, 0.2) is 54.7 Å². The Morgan fingerprint density at radius 1 is 0.880 bits per heavy atom. The van der Waals surface area contributed by atoms with Crippen molar-refractivity contribution in [3.8, 4) is 5.75 Å². The lowest BCUT2D eigenvalue weighted by Gasteiger charge is -2.37. The number of fused-ring (bicyclic) bond motifs is 1. The van der Waals surface area contributed by atoms with E-state index in [0.29, 0.717) is 6.61 Å². The van der Waals surface area contributed by atoms with E-state index >= 15 is 0 Å². The van der Waals surface area contributed by atoms with Crippen molar-refractivity contribution in [1.29, 1.82) is 0 Å². The Labute approximate surface area is 147 Å². The molecule has 25 heavy (non-hydrogen) atoms. The normalized spacial score (nSPS) is 14.8. The van der Waals surface area contributed by atoms with Crippen molar-refractivity contribution in [2.45, 2.75) is 6.92 Å². The molecule has 1 fully saturated rings. The van der Waals surface area contributed by atoms with Crippen LogP contribution in [0.4, 0.5) is 11.5 Å². The first-order valence-corrected chi connectivity index (χ1v) is 8.78. The average molecular weight is 334 g/mol. The van der Waals surface area contributed by atoms with Gasteiger partial charge in [0, 0.05) is 26.2 Å². The van der Waals surface area contributed by atoms with E-state index in [1.54, 1.807) is 0 Å². The van der Waals surface area contributed by atoms with Crippen LogP contribution in [0, 0.1) is 0 Å². The predicted octanol–water partition coefficient (Wildman–Crippen LogP) is 3.36. The lowest BCUT2D eigenvalue weighted by atomic mass is 10.2. The second-order valence-corrected chi connectivity index (χ2v) is 6.09. The summed E-state index contributed by atoms with van der Waals surface area (Å²) in [7, 11) is 0. The van der Waals surface area contributed by atoms with Crippen molar-refractivity contribution in [2.75, 3.05) is 42.6 Å². The van der Waals surface area contributed by atoms with Crippen LogP contribution in [0.3, 0.4) is 0 Å². The molecule has 0 aliphatic carbocycles. The molecule has 0 radical (unpaired) electrons. The van der Waals surface area contributed by atoms with Crippen LogP contribution in [0.5, 0.6) is 5.75 Å². The molecule has 0 bridgehead atoms. The molecule has 2 heterocycles. The molecule has 0 amide bonds. The van der Waals surface area contributed by atoms with E-state index in [1.165, 1.54) is 5.69 Å². The van der Waals surface area contributed by atoms with E-state index in [-0.39, 0.29) is 0 Å². The first-order valence-electron chi connectivity index (χ1n) is 8.78. The third-order valence-corrected chi connectivity index (χ3v) is 4.55. The lowest BCUT2D eigenvalue weighted by molar-refractivity contribution is 0.340. The van der Waals surface area contributed by atoms with E-state index in [1.807, 2.05) is 49.5 Å². The molecule has 0 unspecified atom stereocenters. The van der Waals surface area contributed by atoms with Gasteiger partial charge < -0.3 is 14.5 Å². The second-order valence-electron chi connectivity index (χ2n) is 6.09. The van der Waals surface area contributed by atoms with Gasteiger partial charge in [-0.1, -0.05) is 24.3 Å². The molecule has 0 atom stereocenters. The van der Waals surface area contributed by atoms with Gasteiger partial charge in [0.25, 0.3) is 0 Å². The number of rotatable bonds is 4. The maximum absolute atomic E-state index is 5.77. The monoisotopic (exact) mass is 334 g/mol. The van der Waals surface area contributed by atoms with Crippen molar-refractivity contribution < 1.29 is 4.74 Å². The lowest BCUT2D eigenvalue weighted by Crippen LogP contribution is -2.47. The quantitative estimate of drug-likeness (QED) is 0.732. The number of nitrogens with zero attached hydrogens (tertiary/aromatic N) is 4. The topological polar surface area (TPSA) is 41.5 Å². The highest BCUT2D eigenvalue weighted by Gasteiger charge is 2.20. The summed E-state index contributed by atoms with van der Waals surface area (Å²) in [5.74, 6) is 1.92. The van der Waals surface area contributed by atoms with Crippen LogP contribution < -0.4 is 14.5 Å². The molecule has 5 heteroatoms.